The Morgan fingerprint density at radius 2 is 1.79 bits per heavy atom. The summed E-state index contributed by atoms with van der Waals surface area (Å²) in [6.45, 7) is 6.73. The van der Waals surface area contributed by atoms with E-state index in [0.29, 0.717) is 12.2 Å². The first-order valence-corrected chi connectivity index (χ1v) is 8.63. The molecule has 1 heterocycles. The smallest absolute Gasteiger partial charge is 0.270 e. The first kappa shape index (κ1) is 17.9. The van der Waals surface area contributed by atoms with Gasteiger partial charge >= 0.3 is 0 Å². The largest absolute Gasteiger partial charge is 0.357 e. The first-order valence-electron chi connectivity index (χ1n) is 8.63. The summed E-state index contributed by atoms with van der Waals surface area (Å²) in [6.07, 6.45) is 4.37. The van der Waals surface area contributed by atoms with Gasteiger partial charge in [-0.15, -0.1) is 0 Å². The molecule has 128 valence electrons. The summed E-state index contributed by atoms with van der Waals surface area (Å²) in [5, 5.41) is 2.93. The molecular formula is C19H26N4O. The summed E-state index contributed by atoms with van der Waals surface area (Å²) in [6, 6.07) is 11.9. The zero-order valence-electron chi connectivity index (χ0n) is 14.5. The molecule has 5 heteroatoms. The fourth-order valence-electron chi connectivity index (χ4n) is 2.58. The van der Waals surface area contributed by atoms with Crippen LogP contribution in [0.5, 0.6) is 0 Å². The van der Waals surface area contributed by atoms with Crippen molar-refractivity contribution in [2.24, 2.45) is 0 Å². The van der Waals surface area contributed by atoms with Crippen LogP contribution >= 0.6 is 0 Å². The van der Waals surface area contributed by atoms with E-state index in [4.69, 9.17) is 0 Å². The van der Waals surface area contributed by atoms with E-state index in [1.54, 1.807) is 6.07 Å². The van der Waals surface area contributed by atoms with Crippen LogP contribution in [0.25, 0.3) is 0 Å². The number of aromatic nitrogens is 2. The van der Waals surface area contributed by atoms with Gasteiger partial charge in [-0.25, -0.2) is 9.97 Å². The maximum atomic E-state index is 12.3. The van der Waals surface area contributed by atoms with E-state index in [9.17, 15) is 4.79 Å². The Kier molecular flexibility index (Phi) is 7.21. The van der Waals surface area contributed by atoms with E-state index in [1.807, 2.05) is 18.2 Å². The van der Waals surface area contributed by atoms with Crippen LogP contribution < -0.4 is 10.2 Å². The molecule has 0 spiro atoms. The number of hydrogen-bond acceptors (Lipinski definition) is 4. The van der Waals surface area contributed by atoms with Gasteiger partial charge in [0, 0.05) is 25.7 Å². The Balaban J connectivity index is 1.95. The van der Waals surface area contributed by atoms with Crippen molar-refractivity contribution in [3.8, 4) is 0 Å². The van der Waals surface area contributed by atoms with Gasteiger partial charge in [0.15, 0.2) is 0 Å². The monoisotopic (exact) mass is 326 g/mol. The quantitative estimate of drug-likeness (QED) is 0.769. The number of rotatable bonds is 9. The van der Waals surface area contributed by atoms with Crippen molar-refractivity contribution in [1.82, 2.24) is 15.3 Å². The van der Waals surface area contributed by atoms with Crippen molar-refractivity contribution in [3.05, 3.63) is 54.0 Å². The average Bonchev–Trinajstić information content (AvgIpc) is 2.62. The predicted octanol–water partition coefficient (Wildman–Crippen LogP) is 3.08. The van der Waals surface area contributed by atoms with Crippen molar-refractivity contribution in [2.75, 3.05) is 24.5 Å². The van der Waals surface area contributed by atoms with Crippen LogP contribution in [0.15, 0.2) is 42.7 Å². The molecule has 0 aliphatic heterocycles. The molecule has 1 amide bonds. The molecule has 0 saturated heterocycles. The summed E-state index contributed by atoms with van der Waals surface area (Å²) in [4.78, 5) is 22.9. The standard InChI is InChI=1S/C19H26N4O/c1-3-12-23(13-4-2)18-14-17(21-15-22-18)19(24)20-11-10-16-8-6-5-7-9-16/h5-9,14-15H,3-4,10-13H2,1-2H3,(H,20,24). The molecule has 0 unspecified atom stereocenters. The molecule has 0 atom stereocenters. The highest BCUT2D eigenvalue weighted by molar-refractivity contribution is 5.92. The van der Waals surface area contributed by atoms with Crippen LogP contribution in [0.3, 0.4) is 0 Å². The zero-order valence-corrected chi connectivity index (χ0v) is 14.5. The lowest BCUT2D eigenvalue weighted by atomic mass is 10.1. The molecule has 1 N–H and O–H groups in total. The highest BCUT2D eigenvalue weighted by Crippen LogP contribution is 2.12. The molecule has 1 aromatic heterocycles. The van der Waals surface area contributed by atoms with Gasteiger partial charge in [0.2, 0.25) is 0 Å². The number of hydrogen-bond donors (Lipinski definition) is 1. The molecule has 0 bridgehead atoms. The lowest BCUT2D eigenvalue weighted by molar-refractivity contribution is 0.0949. The second kappa shape index (κ2) is 9.65. The molecule has 0 radical (unpaired) electrons. The van der Waals surface area contributed by atoms with E-state index < -0.39 is 0 Å². The van der Waals surface area contributed by atoms with Crippen LogP contribution in [0.1, 0.15) is 42.7 Å². The summed E-state index contributed by atoms with van der Waals surface area (Å²) in [7, 11) is 0. The Morgan fingerprint density at radius 3 is 2.46 bits per heavy atom. The van der Waals surface area contributed by atoms with Gasteiger partial charge in [-0.05, 0) is 24.8 Å². The fraction of sp³-hybridized carbons (Fsp3) is 0.421. The Hall–Kier alpha value is -2.43. The Morgan fingerprint density at radius 1 is 1.08 bits per heavy atom. The van der Waals surface area contributed by atoms with Gasteiger partial charge in [0.25, 0.3) is 5.91 Å². The van der Waals surface area contributed by atoms with Crippen LogP contribution in [0, 0.1) is 0 Å². The summed E-state index contributed by atoms with van der Waals surface area (Å²) in [5.74, 6) is 0.671. The van der Waals surface area contributed by atoms with E-state index in [1.165, 1.54) is 11.9 Å². The molecule has 0 aliphatic carbocycles. The molecule has 0 aliphatic rings. The number of amides is 1. The minimum atomic E-state index is -0.150. The second-order valence-electron chi connectivity index (χ2n) is 5.74. The van der Waals surface area contributed by atoms with Crippen molar-refractivity contribution in [2.45, 2.75) is 33.1 Å². The van der Waals surface area contributed by atoms with Gasteiger partial charge in [0.05, 0.1) is 0 Å². The highest BCUT2D eigenvalue weighted by Gasteiger charge is 2.12. The molecule has 1 aromatic carbocycles. The number of nitrogens with one attached hydrogen (secondary N) is 1. The summed E-state index contributed by atoms with van der Waals surface area (Å²) in [5.41, 5.74) is 1.63. The molecule has 2 aromatic rings. The normalized spacial score (nSPS) is 10.4. The SMILES string of the molecule is CCCN(CCC)c1cc(C(=O)NCCc2ccccc2)ncn1. The van der Waals surface area contributed by atoms with Crippen molar-refractivity contribution >= 4 is 11.7 Å². The number of anilines is 1. The van der Waals surface area contributed by atoms with E-state index >= 15 is 0 Å². The van der Waals surface area contributed by atoms with Gasteiger partial charge in [-0.2, -0.15) is 0 Å². The molecular weight excluding hydrogens is 300 g/mol. The zero-order chi connectivity index (χ0) is 17.2. The third-order valence-corrected chi connectivity index (χ3v) is 3.74. The minimum Gasteiger partial charge on any atom is -0.357 e. The molecule has 5 nitrogen and oxygen atoms in total. The predicted molar refractivity (Wildman–Crippen MR) is 97.3 cm³/mol. The fourth-order valence-corrected chi connectivity index (χ4v) is 2.58. The lowest BCUT2D eigenvalue weighted by Gasteiger charge is -2.22. The maximum Gasteiger partial charge on any atom is 0.270 e. The maximum absolute atomic E-state index is 12.3. The van der Waals surface area contributed by atoms with Gasteiger partial charge in [0.1, 0.15) is 17.8 Å². The third-order valence-electron chi connectivity index (χ3n) is 3.74. The highest BCUT2D eigenvalue weighted by atomic mass is 16.1. The number of carbonyl (C=O) groups is 1. The lowest BCUT2D eigenvalue weighted by Crippen LogP contribution is -2.29. The number of nitrogens with zero attached hydrogens (tertiary/aromatic N) is 3. The van der Waals surface area contributed by atoms with Crippen LogP contribution in [0.4, 0.5) is 5.82 Å². The Bertz CT molecular complexity index is 624. The average molecular weight is 326 g/mol. The van der Waals surface area contributed by atoms with Gasteiger partial charge in [-0.3, -0.25) is 4.79 Å². The van der Waals surface area contributed by atoms with Gasteiger partial charge in [-0.1, -0.05) is 44.2 Å². The molecule has 2 rings (SSSR count). The second-order valence-corrected chi connectivity index (χ2v) is 5.74. The molecule has 0 saturated carbocycles. The van der Waals surface area contributed by atoms with Crippen molar-refractivity contribution < 1.29 is 4.79 Å². The molecule has 0 fully saturated rings. The first-order chi connectivity index (χ1) is 11.7. The Labute approximate surface area is 144 Å². The van der Waals surface area contributed by atoms with Crippen LogP contribution in [-0.4, -0.2) is 35.5 Å². The van der Waals surface area contributed by atoms with Gasteiger partial charge < -0.3 is 10.2 Å². The minimum absolute atomic E-state index is 0.150. The van der Waals surface area contributed by atoms with Crippen molar-refractivity contribution in [3.63, 3.8) is 0 Å². The molecule has 24 heavy (non-hydrogen) atoms. The summed E-state index contributed by atoms with van der Waals surface area (Å²) < 4.78 is 0. The number of carbonyl (C=O) groups excluding carboxylic acids is 1. The number of benzene rings is 1. The van der Waals surface area contributed by atoms with Crippen LogP contribution in [-0.2, 0) is 6.42 Å². The van der Waals surface area contributed by atoms with E-state index in [-0.39, 0.29) is 5.91 Å². The van der Waals surface area contributed by atoms with E-state index in [2.05, 4.69) is 46.2 Å². The van der Waals surface area contributed by atoms with E-state index in [0.717, 1.165) is 38.2 Å². The third kappa shape index (κ3) is 5.33. The summed E-state index contributed by atoms with van der Waals surface area (Å²) >= 11 is 0. The van der Waals surface area contributed by atoms with Crippen LogP contribution in [0.2, 0.25) is 0 Å². The van der Waals surface area contributed by atoms with Crippen molar-refractivity contribution in [1.29, 1.82) is 0 Å². The topological polar surface area (TPSA) is 58.1 Å².